The zero-order valence-corrected chi connectivity index (χ0v) is 16.0. The molecule has 7 heteroatoms. The highest BCUT2D eigenvalue weighted by atomic mass is 35.5. The van der Waals surface area contributed by atoms with Gasteiger partial charge in [-0.2, -0.15) is 0 Å². The lowest BCUT2D eigenvalue weighted by Gasteiger charge is -2.13. The Bertz CT molecular complexity index is 941. The number of aromatic nitrogens is 2. The van der Waals surface area contributed by atoms with E-state index in [-0.39, 0.29) is 5.69 Å². The topological polar surface area (TPSA) is 67.3 Å². The summed E-state index contributed by atoms with van der Waals surface area (Å²) in [7, 11) is 3.70. The van der Waals surface area contributed by atoms with E-state index < -0.39 is 5.91 Å². The van der Waals surface area contributed by atoms with Crippen LogP contribution in [0.2, 0.25) is 5.02 Å². The lowest BCUT2D eigenvalue weighted by atomic mass is 10.2. The summed E-state index contributed by atoms with van der Waals surface area (Å²) >= 11 is 6.09. The predicted molar refractivity (Wildman–Crippen MR) is 107 cm³/mol. The van der Waals surface area contributed by atoms with Gasteiger partial charge in [0.1, 0.15) is 5.75 Å². The fourth-order valence-corrected chi connectivity index (χ4v) is 2.47. The number of hydrogen-bond donors (Lipinski definition) is 1. The fraction of sp³-hybridized carbons (Fsp3) is 0.150. The summed E-state index contributed by atoms with van der Waals surface area (Å²) in [5.41, 5.74) is 1.78. The first kappa shape index (κ1) is 18.7. The zero-order chi connectivity index (χ0) is 19.4. The third-order valence-electron chi connectivity index (χ3n) is 3.78. The predicted octanol–water partition coefficient (Wildman–Crippen LogP) is 4.55. The van der Waals surface area contributed by atoms with Crippen molar-refractivity contribution in [2.24, 2.45) is 0 Å². The van der Waals surface area contributed by atoms with Gasteiger partial charge in [-0.3, -0.25) is 4.79 Å². The van der Waals surface area contributed by atoms with Gasteiger partial charge in [-0.25, -0.2) is 0 Å². The number of nitrogens with zero attached hydrogens (tertiary/aromatic N) is 3. The largest absolute Gasteiger partial charge is 0.455 e. The molecule has 0 aliphatic carbocycles. The Balaban J connectivity index is 1.81. The van der Waals surface area contributed by atoms with E-state index >= 15 is 0 Å². The van der Waals surface area contributed by atoms with Crippen molar-refractivity contribution in [3.63, 3.8) is 0 Å². The van der Waals surface area contributed by atoms with E-state index in [0.717, 1.165) is 5.56 Å². The zero-order valence-electron chi connectivity index (χ0n) is 15.2. The Morgan fingerprint density at radius 2 is 1.78 bits per heavy atom. The van der Waals surface area contributed by atoms with Crippen LogP contribution in [0.3, 0.4) is 0 Å². The quantitative estimate of drug-likeness (QED) is 0.701. The van der Waals surface area contributed by atoms with Crippen molar-refractivity contribution < 1.29 is 9.53 Å². The Morgan fingerprint density at radius 3 is 2.41 bits per heavy atom. The van der Waals surface area contributed by atoms with Gasteiger partial charge < -0.3 is 15.0 Å². The summed E-state index contributed by atoms with van der Waals surface area (Å²) < 4.78 is 5.89. The Morgan fingerprint density at radius 1 is 1.04 bits per heavy atom. The molecule has 0 radical (unpaired) electrons. The molecule has 2 aromatic carbocycles. The molecule has 0 fully saturated rings. The van der Waals surface area contributed by atoms with E-state index in [1.54, 1.807) is 35.2 Å². The second-order valence-electron chi connectivity index (χ2n) is 6.18. The molecule has 1 N–H and O–H groups in total. The smallest absolute Gasteiger partial charge is 0.276 e. The van der Waals surface area contributed by atoms with Crippen LogP contribution in [-0.4, -0.2) is 30.2 Å². The van der Waals surface area contributed by atoms with Gasteiger partial charge in [0.2, 0.25) is 0 Å². The summed E-state index contributed by atoms with van der Waals surface area (Å²) in [6, 6.07) is 16.0. The second kappa shape index (κ2) is 8.05. The normalized spacial score (nSPS) is 10.4. The maximum atomic E-state index is 12.5. The SMILES string of the molecule is Cc1ccc(Oc2ccc(Cl)cc2NC(=O)c2ccc(N(C)C)nn2)cc1. The first-order valence-corrected chi connectivity index (χ1v) is 8.66. The van der Waals surface area contributed by atoms with Crippen LogP contribution < -0.4 is 15.0 Å². The van der Waals surface area contributed by atoms with Crippen molar-refractivity contribution >= 4 is 29.0 Å². The number of amides is 1. The Hall–Kier alpha value is -3.12. The highest BCUT2D eigenvalue weighted by Gasteiger charge is 2.13. The van der Waals surface area contributed by atoms with Crippen LogP contribution in [0.4, 0.5) is 11.5 Å². The van der Waals surface area contributed by atoms with Crippen molar-refractivity contribution in [1.82, 2.24) is 10.2 Å². The van der Waals surface area contributed by atoms with Gasteiger partial charge in [0.15, 0.2) is 17.3 Å². The molecular formula is C20H19ClN4O2. The number of rotatable bonds is 5. The molecular weight excluding hydrogens is 364 g/mol. The molecule has 1 heterocycles. The maximum Gasteiger partial charge on any atom is 0.276 e. The molecule has 3 aromatic rings. The van der Waals surface area contributed by atoms with Crippen molar-refractivity contribution in [2.45, 2.75) is 6.92 Å². The van der Waals surface area contributed by atoms with Gasteiger partial charge in [-0.1, -0.05) is 29.3 Å². The number of carbonyl (C=O) groups excluding carboxylic acids is 1. The summed E-state index contributed by atoms with van der Waals surface area (Å²) in [5, 5.41) is 11.2. The minimum atomic E-state index is -0.399. The van der Waals surface area contributed by atoms with Crippen LogP contribution >= 0.6 is 11.6 Å². The van der Waals surface area contributed by atoms with Crippen molar-refractivity contribution in [3.05, 3.63) is 70.9 Å². The number of carbonyl (C=O) groups is 1. The van der Waals surface area contributed by atoms with Crippen LogP contribution in [0.15, 0.2) is 54.6 Å². The third-order valence-corrected chi connectivity index (χ3v) is 4.02. The minimum absolute atomic E-state index is 0.196. The highest BCUT2D eigenvalue weighted by molar-refractivity contribution is 6.31. The molecule has 6 nitrogen and oxygen atoms in total. The molecule has 1 amide bonds. The summed E-state index contributed by atoms with van der Waals surface area (Å²) in [6.45, 7) is 2.00. The van der Waals surface area contributed by atoms with Crippen LogP contribution in [0.5, 0.6) is 11.5 Å². The van der Waals surface area contributed by atoms with E-state index in [4.69, 9.17) is 16.3 Å². The van der Waals surface area contributed by atoms with Gasteiger partial charge in [-0.05, 0) is 49.4 Å². The first-order valence-electron chi connectivity index (χ1n) is 8.29. The number of benzene rings is 2. The molecule has 0 aliphatic heterocycles. The molecule has 0 atom stereocenters. The average Bonchev–Trinajstić information content (AvgIpc) is 2.65. The average molecular weight is 383 g/mol. The van der Waals surface area contributed by atoms with Gasteiger partial charge in [0.25, 0.3) is 5.91 Å². The number of anilines is 2. The molecule has 0 spiro atoms. The summed E-state index contributed by atoms with van der Waals surface area (Å²) in [4.78, 5) is 14.3. The number of aryl methyl sites for hydroxylation is 1. The van der Waals surface area contributed by atoms with Crippen molar-refractivity contribution in [1.29, 1.82) is 0 Å². The van der Waals surface area contributed by atoms with Crippen LogP contribution in [0, 0.1) is 6.92 Å². The van der Waals surface area contributed by atoms with Crippen LogP contribution in [-0.2, 0) is 0 Å². The van der Waals surface area contributed by atoms with E-state index in [1.807, 2.05) is 45.3 Å². The minimum Gasteiger partial charge on any atom is -0.455 e. The summed E-state index contributed by atoms with van der Waals surface area (Å²) in [6.07, 6.45) is 0. The van der Waals surface area contributed by atoms with E-state index in [9.17, 15) is 4.79 Å². The molecule has 0 unspecified atom stereocenters. The van der Waals surface area contributed by atoms with E-state index in [2.05, 4.69) is 15.5 Å². The fourth-order valence-electron chi connectivity index (χ4n) is 2.29. The number of halogens is 1. The lowest BCUT2D eigenvalue weighted by molar-refractivity contribution is 0.102. The molecule has 0 saturated heterocycles. The number of ether oxygens (including phenoxy) is 1. The van der Waals surface area contributed by atoms with Crippen molar-refractivity contribution in [2.75, 3.05) is 24.3 Å². The van der Waals surface area contributed by atoms with E-state index in [1.165, 1.54) is 0 Å². The Labute approximate surface area is 162 Å². The third kappa shape index (κ3) is 4.74. The molecule has 3 rings (SSSR count). The second-order valence-corrected chi connectivity index (χ2v) is 6.62. The first-order chi connectivity index (χ1) is 12.9. The van der Waals surface area contributed by atoms with Gasteiger partial charge in [0.05, 0.1) is 5.69 Å². The molecule has 0 aliphatic rings. The van der Waals surface area contributed by atoms with Gasteiger partial charge in [-0.15, -0.1) is 10.2 Å². The van der Waals surface area contributed by atoms with E-state index in [0.29, 0.717) is 28.0 Å². The lowest BCUT2D eigenvalue weighted by Crippen LogP contribution is -2.17. The highest BCUT2D eigenvalue weighted by Crippen LogP contribution is 2.32. The standard InChI is InChI=1S/C20H19ClN4O2/c1-13-4-7-15(8-5-13)27-18-10-6-14(21)12-17(18)22-20(26)16-9-11-19(24-23-16)25(2)3/h4-12H,1-3H3,(H,22,26). The number of hydrogen-bond acceptors (Lipinski definition) is 5. The van der Waals surface area contributed by atoms with Gasteiger partial charge >= 0.3 is 0 Å². The molecule has 0 bridgehead atoms. The molecule has 1 aromatic heterocycles. The van der Waals surface area contributed by atoms with Crippen molar-refractivity contribution in [3.8, 4) is 11.5 Å². The molecule has 0 saturated carbocycles. The monoisotopic (exact) mass is 382 g/mol. The number of nitrogens with one attached hydrogen (secondary N) is 1. The Kier molecular flexibility index (Phi) is 5.57. The van der Waals surface area contributed by atoms with Crippen LogP contribution in [0.25, 0.3) is 0 Å². The molecule has 27 heavy (non-hydrogen) atoms. The maximum absolute atomic E-state index is 12.5. The summed E-state index contributed by atoms with van der Waals surface area (Å²) in [5.74, 6) is 1.41. The van der Waals surface area contributed by atoms with Crippen LogP contribution in [0.1, 0.15) is 16.1 Å². The molecule has 138 valence electrons. The van der Waals surface area contributed by atoms with Gasteiger partial charge in [0, 0.05) is 19.1 Å².